The van der Waals surface area contributed by atoms with Crippen LogP contribution in [0.3, 0.4) is 0 Å². The first kappa shape index (κ1) is 17.7. The molecule has 0 saturated carbocycles. The number of hydrogen-bond acceptors (Lipinski definition) is 4. The molecule has 0 saturated heterocycles. The molecule has 0 atom stereocenters. The van der Waals surface area contributed by atoms with Gasteiger partial charge in [-0.2, -0.15) is 0 Å². The molecule has 1 aromatic carbocycles. The molecule has 0 fully saturated rings. The van der Waals surface area contributed by atoms with Gasteiger partial charge in [0.1, 0.15) is 11.5 Å². The van der Waals surface area contributed by atoms with E-state index in [1.54, 1.807) is 0 Å². The molecule has 0 aliphatic heterocycles. The van der Waals surface area contributed by atoms with E-state index in [4.69, 9.17) is 0 Å². The molecule has 0 aliphatic carbocycles. The zero-order valence-electron chi connectivity index (χ0n) is 13.2. The van der Waals surface area contributed by atoms with Crippen LogP contribution in [0.5, 0.6) is 0 Å². The number of carbonyl (C=O) groups excluding carboxylic acids is 1. The van der Waals surface area contributed by atoms with Gasteiger partial charge in [0, 0.05) is 6.54 Å². The van der Waals surface area contributed by atoms with Crippen molar-refractivity contribution in [1.29, 1.82) is 0 Å². The van der Waals surface area contributed by atoms with Gasteiger partial charge in [0.15, 0.2) is 17.5 Å². The lowest BCUT2D eigenvalue weighted by Gasteiger charge is -2.09. The molecule has 0 radical (unpaired) electrons. The summed E-state index contributed by atoms with van der Waals surface area (Å²) in [6.07, 6.45) is 3.54. The summed E-state index contributed by atoms with van der Waals surface area (Å²) < 4.78 is 39.5. The van der Waals surface area contributed by atoms with Crippen LogP contribution in [0.4, 0.5) is 24.7 Å². The number of aromatic nitrogens is 2. The SMILES string of the molecule is CC(C)CCNc1cnc(C(=O)Nc2ccc(F)c(F)c2F)cn1. The van der Waals surface area contributed by atoms with Crippen molar-refractivity contribution >= 4 is 17.4 Å². The van der Waals surface area contributed by atoms with Gasteiger partial charge in [-0.05, 0) is 24.5 Å². The molecule has 128 valence electrons. The molecule has 1 heterocycles. The third-order valence-electron chi connectivity index (χ3n) is 3.20. The Morgan fingerprint density at radius 1 is 1.12 bits per heavy atom. The minimum atomic E-state index is -1.65. The number of carbonyl (C=O) groups is 1. The van der Waals surface area contributed by atoms with Crippen LogP contribution in [0.2, 0.25) is 0 Å². The van der Waals surface area contributed by atoms with Crippen LogP contribution < -0.4 is 10.6 Å². The highest BCUT2D eigenvalue weighted by atomic mass is 19.2. The van der Waals surface area contributed by atoms with Crippen molar-refractivity contribution in [2.45, 2.75) is 20.3 Å². The van der Waals surface area contributed by atoms with Crippen molar-refractivity contribution in [3.63, 3.8) is 0 Å². The van der Waals surface area contributed by atoms with Crippen LogP contribution in [0.15, 0.2) is 24.5 Å². The van der Waals surface area contributed by atoms with Crippen molar-refractivity contribution < 1.29 is 18.0 Å². The number of rotatable bonds is 6. The predicted octanol–water partition coefficient (Wildman–Crippen LogP) is 3.60. The van der Waals surface area contributed by atoms with E-state index in [1.807, 2.05) is 0 Å². The van der Waals surface area contributed by atoms with E-state index in [0.717, 1.165) is 25.1 Å². The molecule has 0 spiro atoms. The second-order valence-corrected chi connectivity index (χ2v) is 5.57. The summed E-state index contributed by atoms with van der Waals surface area (Å²) in [6, 6.07) is 1.66. The number of halogens is 3. The molecule has 0 unspecified atom stereocenters. The molecule has 2 rings (SSSR count). The molecule has 1 amide bonds. The Kier molecular flexibility index (Phi) is 5.73. The van der Waals surface area contributed by atoms with E-state index in [1.165, 1.54) is 12.4 Å². The molecule has 1 aromatic heterocycles. The third-order valence-corrected chi connectivity index (χ3v) is 3.20. The van der Waals surface area contributed by atoms with Crippen molar-refractivity contribution in [2.24, 2.45) is 5.92 Å². The van der Waals surface area contributed by atoms with Gasteiger partial charge in [0.05, 0.1) is 18.1 Å². The summed E-state index contributed by atoms with van der Waals surface area (Å²) in [7, 11) is 0. The Hall–Kier alpha value is -2.64. The average molecular weight is 338 g/mol. The minimum Gasteiger partial charge on any atom is -0.369 e. The van der Waals surface area contributed by atoms with Crippen LogP contribution in [0.1, 0.15) is 30.8 Å². The fourth-order valence-corrected chi connectivity index (χ4v) is 1.83. The molecule has 5 nitrogen and oxygen atoms in total. The number of anilines is 2. The highest BCUT2D eigenvalue weighted by Crippen LogP contribution is 2.20. The molecular weight excluding hydrogens is 321 g/mol. The second kappa shape index (κ2) is 7.76. The van der Waals surface area contributed by atoms with Gasteiger partial charge in [-0.3, -0.25) is 4.79 Å². The Balaban J connectivity index is 2.01. The van der Waals surface area contributed by atoms with Crippen molar-refractivity contribution in [3.8, 4) is 0 Å². The van der Waals surface area contributed by atoms with Crippen molar-refractivity contribution in [2.75, 3.05) is 17.2 Å². The second-order valence-electron chi connectivity index (χ2n) is 5.57. The molecule has 8 heteroatoms. The number of nitrogens with one attached hydrogen (secondary N) is 2. The van der Waals surface area contributed by atoms with E-state index in [0.29, 0.717) is 11.7 Å². The van der Waals surface area contributed by atoms with Gasteiger partial charge in [0.25, 0.3) is 5.91 Å². The zero-order valence-corrected chi connectivity index (χ0v) is 13.2. The number of hydrogen-bond donors (Lipinski definition) is 2. The summed E-state index contributed by atoms with van der Waals surface area (Å²) in [5.41, 5.74) is -0.548. The fraction of sp³-hybridized carbons (Fsp3) is 0.312. The first-order valence-corrected chi connectivity index (χ1v) is 7.39. The normalized spacial score (nSPS) is 10.8. The Morgan fingerprint density at radius 2 is 1.88 bits per heavy atom. The molecule has 2 aromatic rings. The van der Waals surface area contributed by atoms with Gasteiger partial charge in [-0.1, -0.05) is 13.8 Å². The largest absolute Gasteiger partial charge is 0.369 e. The standard InChI is InChI=1S/C16H17F3N4O/c1-9(2)5-6-20-13-8-21-12(7-22-13)16(24)23-11-4-3-10(17)14(18)15(11)19/h3-4,7-9H,5-6H2,1-2H3,(H,20,22)(H,23,24). The van der Waals surface area contributed by atoms with E-state index in [2.05, 4.69) is 34.4 Å². The molecule has 0 bridgehead atoms. The van der Waals surface area contributed by atoms with E-state index < -0.39 is 29.0 Å². The maximum Gasteiger partial charge on any atom is 0.275 e. The lowest BCUT2D eigenvalue weighted by Crippen LogP contribution is -2.16. The fourth-order valence-electron chi connectivity index (χ4n) is 1.83. The molecular formula is C16H17F3N4O. The maximum atomic E-state index is 13.5. The van der Waals surface area contributed by atoms with Crippen LogP contribution in [-0.2, 0) is 0 Å². The number of benzene rings is 1. The summed E-state index contributed by atoms with van der Waals surface area (Å²) in [5, 5.41) is 5.19. The Morgan fingerprint density at radius 3 is 2.50 bits per heavy atom. The maximum absolute atomic E-state index is 13.5. The van der Waals surface area contributed by atoms with Gasteiger partial charge in [-0.25, -0.2) is 23.1 Å². The molecule has 0 aliphatic rings. The Bertz CT molecular complexity index is 720. The lowest BCUT2D eigenvalue weighted by molar-refractivity contribution is 0.102. The van der Waals surface area contributed by atoms with Crippen LogP contribution in [-0.4, -0.2) is 22.4 Å². The van der Waals surface area contributed by atoms with Crippen molar-refractivity contribution in [1.82, 2.24) is 9.97 Å². The predicted molar refractivity (Wildman–Crippen MR) is 84.2 cm³/mol. The lowest BCUT2D eigenvalue weighted by atomic mass is 10.1. The summed E-state index contributed by atoms with van der Waals surface area (Å²) >= 11 is 0. The van der Waals surface area contributed by atoms with Gasteiger partial charge in [-0.15, -0.1) is 0 Å². The van der Waals surface area contributed by atoms with Gasteiger partial charge in [0.2, 0.25) is 0 Å². The van der Waals surface area contributed by atoms with E-state index in [9.17, 15) is 18.0 Å². The highest BCUT2D eigenvalue weighted by molar-refractivity contribution is 6.02. The highest BCUT2D eigenvalue weighted by Gasteiger charge is 2.16. The smallest absolute Gasteiger partial charge is 0.275 e. The van der Waals surface area contributed by atoms with E-state index >= 15 is 0 Å². The van der Waals surface area contributed by atoms with Gasteiger partial charge < -0.3 is 10.6 Å². The van der Waals surface area contributed by atoms with Crippen LogP contribution in [0, 0.1) is 23.4 Å². The summed E-state index contributed by atoms with van der Waals surface area (Å²) in [6.45, 7) is 4.91. The quantitative estimate of drug-likeness (QED) is 0.790. The monoisotopic (exact) mass is 338 g/mol. The van der Waals surface area contributed by atoms with Gasteiger partial charge >= 0.3 is 0 Å². The average Bonchev–Trinajstić information content (AvgIpc) is 2.55. The summed E-state index contributed by atoms with van der Waals surface area (Å²) in [4.78, 5) is 19.9. The van der Waals surface area contributed by atoms with E-state index in [-0.39, 0.29) is 5.69 Å². The first-order valence-electron chi connectivity index (χ1n) is 7.39. The summed E-state index contributed by atoms with van der Waals surface area (Å²) in [5.74, 6) is -4.18. The molecule has 2 N–H and O–H groups in total. The molecule has 24 heavy (non-hydrogen) atoms. The van der Waals surface area contributed by atoms with Crippen LogP contribution in [0.25, 0.3) is 0 Å². The van der Waals surface area contributed by atoms with Crippen molar-refractivity contribution in [3.05, 3.63) is 47.7 Å². The first-order chi connectivity index (χ1) is 11.4. The third kappa shape index (κ3) is 4.43. The number of nitrogens with zero attached hydrogens (tertiary/aromatic N) is 2. The topological polar surface area (TPSA) is 66.9 Å². The minimum absolute atomic E-state index is 0.0754. The Labute approximate surface area is 137 Å². The van der Waals surface area contributed by atoms with Crippen LogP contribution >= 0.6 is 0 Å². The zero-order chi connectivity index (χ0) is 17.7. The number of amides is 1.